The number of thioether (sulfide) groups is 1. The van der Waals surface area contributed by atoms with Crippen molar-refractivity contribution in [2.45, 2.75) is 51.1 Å². The van der Waals surface area contributed by atoms with Crippen LogP contribution >= 0.6 is 11.8 Å². The molecule has 0 aliphatic carbocycles. The molecule has 184 valence electrons. The third-order valence-corrected chi connectivity index (χ3v) is 6.37. The maximum Gasteiger partial charge on any atom is 0.243 e. The van der Waals surface area contributed by atoms with Crippen LogP contribution in [0.4, 0.5) is 4.39 Å². The van der Waals surface area contributed by atoms with E-state index in [1.807, 2.05) is 81.4 Å². The summed E-state index contributed by atoms with van der Waals surface area (Å²) in [6, 6.07) is 25.3. The van der Waals surface area contributed by atoms with Gasteiger partial charge < -0.3 is 10.2 Å². The molecule has 0 unspecified atom stereocenters. The van der Waals surface area contributed by atoms with E-state index in [4.69, 9.17) is 0 Å². The van der Waals surface area contributed by atoms with Crippen molar-refractivity contribution in [1.82, 2.24) is 10.2 Å². The summed E-state index contributed by atoms with van der Waals surface area (Å²) in [5, 5.41) is 3.06. The molecule has 3 aromatic carbocycles. The van der Waals surface area contributed by atoms with E-state index >= 15 is 0 Å². The summed E-state index contributed by atoms with van der Waals surface area (Å²) in [6.45, 7) is 6.10. The summed E-state index contributed by atoms with van der Waals surface area (Å²) >= 11 is 1.35. The van der Waals surface area contributed by atoms with Crippen molar-refractivity contribution in [3.63, 3.8) is 0 Å². The second kappa shape index (κ2) is 12.5. The van der Waals surface area contributed by atoms with Gasteiger partial charge in [0, 0.05) is 24.3 Å². The molecule has 0 fully saturated rings. The lowest BCUT2D eigenvalue weighted by Crippen LogP contribution is -2.54. The Hall–Kier alpha value is -3.12. The van der Waals surface area contributed by atoms with E-state index in [0.29, 0.717) is 24.3 Å². The maximum absolute atomic E-state index is 14.0. The Bertz CT molecular complexity index is 1100. The number of carbonyl (C=O) groups excluding carboxylic acids is 2. The summed E-state index contributed by atoms with van der Waals surface area (Å²) in [4.78, 5) is 28.7. The van der Waals surface area contributed by atoms with Crippen LogP contribution in [0.5, 0.6) is 0 Å². The average Bonchev–Trinajstić information content (AvgIpc) is 2.82. The van der Waals surface area contributed by atoms with E-state index in [0.717, 1.165) is 11.1 Å². The van der Waals surface area contributed by atoms with E-state index in [9.17, 15) is 14.0 Å². The predicted octanol–water partition coefficient (Wildman–Crippen LogP) is 5.61. The molecule has 3 rings (SSSR count). The number of benzene rings is 3. The molecule has 35 heavy (non-hydrogen) atoms. The molecule has 0 spiro atoms. The van der Waals surface area contributed by atoms with E-state index in [1.54, 1.807) is 23.1 Å². The molecule has 4 nitrogen and oxygen atoms in total. The molecule has 0 bridgehead atoms. The zero-order valence-electron chi connectivity index (χ0n) is 20.5. The zero-order valence-corrected chi connectivity index (χ0v) is 21.4. The highest BCUT2D eigenvalue weighted by atomic mass is 32.2. The highest BCUT2D eigenvalue weighted by molar-refractivity contribution is 7.99. The average molecular weight is 493 g/mol. The van der Waals surface area contributed by atoms with E-state index in [2.05, 4.69) is 5.32 Å². The van der Waals surface area contributed by atoms with Crippen molar-refractivity contribution < 1.29 is 14.0 Å². The number of halogens is 1. The van der Waals surface area contributed by atoms with Crippen LogP contribution in [0.25, 0.3) is 0 Å². The van der Waals surface area contributed by atoms with Crippen molar-refractivity contribution in [3.8, 4) is 0 Å². The number of rotatable bonds is 10. The molecule has 0 saturated heterocycles. The minimum absolute atomic E-state index is 0.148. The zero-order chi connectivity index (χ0) is 25.3. The van der Waals surface area contributed by atoms with E-state index in [-0.39, 0.29) is 23.4 Å². The molecule has 0 aromatic heterocycles. The lowest BCUT2D eigenvalue weighted by molar-refractivity contribution is -0.140. The van der Waals surface area contributed by atoms with Gasteiger partial charge in [-0.25, -0.2) is 4.39 Å². The molecule has 2 amide bonds. The van der Waals surface area contributed by atoms with Crippen LogP contribution < -0.4 is 5.32 Å². The Balaban J connectivity index is 1.85. The maximum atomic E-state index is 14.0. The molecule has 1 atom stereocenters. The molecule has 1 N–H and O–H groups in total. The Kier molecular flexibility index (Phi) is 9.49. The molecule has 0 radical (unpaired) electrons. The Morgan fingerprint density at radius 1 is 0.886 bits per heavy atom. The SMILES string of the molecule is CC(C)(C)NC(=O)[C@@H](Cc1ccccc1)N(Cc1ccccc1)C(=O)CSCc1ccccc1F. The van der Waals surface area contributed by atoms with Crippen molar-refractivity contribution >= 4 is 23.6 Å². The molecule has 6 heteroatoms. The fourth-order valence-electron chi connectivity index (χ4n) is 3.73. The molecule has 3 aromatic rings. The summed E-state index contributed by atoms with van der Waals surface area (Å²) < 4.78 is 14.0. The summed E-state index contributed by atoms with van der Waals surface area (Å²) in [5.41, 5.74) is 2.05. The van der Waals surface area contributed by atoms with Crippen molar-refractivity contribution in [2.75, 3.05) is 5.75 Å². The van der Waals surface area contributed by atoms with Crippen LogP contribution in [0.2, 0.25) is 0 Å². The number of nitrogens with zero attached hydrogens (tertiary/aromatic N) is 1. The Morgan fingerprint density at radius 3 is 2.06 bits per heavy atom. The fraction of sp³-hybridized carbons (Fsp3) is 0.310. The summed E-state index contributed by atoms with van der Waals surface area (Å²) in [5.74, 6) is -0.0882. The third-order valence-electron chi connectivity index (χ3n) is 5.41. The molecule has 0 aliphatic rings. The normalized spacial score (nSPS) is 12.1. The van der Waals surface area contributed by atoms with Crippen molar-refractivity contribution in [2.24, 2.45) is 0 Å². The number of amides is 2. The Labute approximate surface area is 211 Å². The lowest BCUT2D eigenvalue weighted by Gasteiger charge is -2.34. The minimum atomic E-state index is -0.682. The van der Waals surface area contributed by atoms with E-state index in [1.165, 1.54) is 17.8 Å². The van der Waals surface area contributed by atoms with Crippen LogP contribution in [0, 0.1) is 5.82 Å². The minimum Gasteiger partial charge on any atom is -0.350 e. The van der Waals surface area contributed by atoms with Crippen LogP contribution in [-0.4, -0.2) is 34.0 Å². The summed E-state index contributed by atoms with van der Waals surface area (Å²) in [7, 11) is 0. The van der Waals surface area contributed by atoms with Gasteiger partial charge in [0.2, 0.25) is 11.8 Å². The highest BCUT2D eigenvalue weighted by Gasteiger charge is 2.32. The first kappa shape index (κ1) is 26.5. The predicted molar refractivity (Wildman–Crippen MR) is 141 cm³/mol. The fourth-order valence-corrected chi connectivity index (χ4v) is 4.63. The van der Waals surface area contributed by atoms with Crippen molar-refractivity contribution in [3.05, 3.63) is 107 Å². The van der Waals surface area contributed by atoms with Gasteiger partial charge in [-0.05, 0) is 43.5 Å². The Morgan fingerprint density at radius 2 is 1.46 bits per heavy atom. The molecule has 0 aliphatic heterocycles. The molecule has 0 saturated carbocycles. The topological polar surface area (TPSA) is 49.4 Å². The first-order valence-corrected chi connectivity index (χ1v) is 12.9. The van der Waals surface area contributed by atoms with Gasteiger partial charge in [-0.1, -0.05) is 78.9 Å². The van der Waals surface area contributed by atoms with Crippen LogP contribution in [0.15, 0.2) is 84.9 Å². The first-order valence-electron chi connectivity index (χ1n) is 11.7. The van der Waals surface area contributed by atoms with Gasteiger partial charge in [0.1, 0.15) is 11.9 Å². The van der Waals surface area contributed by atoms with Crippen LogP contribution in [-0.2, 0) is 28.3 Å². The second-order valence-electron chi connectivity index (χ2n) is 9.54. The third kappa shape index (κ3) is 8.55. The second-order valence-corrected chi connectivity index (χ2v) is 10.5. The monoisotopic (exact) mass is 492 g/mol. The van der Waals surface area contributed by atoms with Crippen LogP contribution in [0.1, 0.15) is 37.5 Å². The summed E-state index contributed by atoms with van der Waals surface area (Å²) in [6.07, 6.45) is 0.402. The largest absolute Gasteiger partial charge is 0.350 e. The van der Waals surface area contributed by atoms with Crippen LogP contribution in [0.3, 0.4) is 0 Å². The number of hydrogen-bond acceptors (Lipinski definition) is 3. The van der Waals surface area contributed by atoms with Gasteiger partial charge in [-0.15, -0.1) is 11.8 Å². The van der Waals surface area contributed by atoms with Gasteiger partial charge >= 0.3 is 0 Å². The van der Waals surface area contributed by atoms with Gasteiger partial charge in [-0.3, -0.25) is 9.59 Å². The van der Waals surface area contributed by atoms with Gasteiger partial charge in [-0.2, -0.15) is 0 Å². The van der Waals surface area contributed by atoms with Crippen molar-refractivity contribution in [1.29, 1.82) is 0 Å². The first-order chi connectivity index (χ1) is 16.7. The smallest absolute Gasteiger partial charge is 0.243 e. The van der Waals surface area contributed by atoms with Gasteiger partial charge in [0.25, 0.3) is 0 Å². The number of carbonyl (C=O) groups is 2. The molecular formula is C29H33FN2O2S. The quantitative estimate of drug-likeness (QED) is 0.400. The van der Waals surface area contributed by atoms with Gasteiger partial charge in [0.05, 0.1) is 5.75 Å². The molecule has 0 heterocycles. The van der Waals surface area contributed by atoms with E-state index < -0.39 is 11.6 Å². The highest BCUT2D eigenvalue weighted by Crippen LogP contribution is 2.20. The lowest BCUT2D eigenvalue weighted by atomic mass is 10.0. The standard InChI is InChI=1S/C29H33FN2O2S/c1-29(2,3)31-28(34)26(18-22-12-6-4-7-13-22)32(19-23-14-8-5-9-15-23)27(33)21-35-20-24-16-10-11-17-25(24)30/h4-17,26H,18-21H2,1-3H3,(H,31,34)/t26-/m1/s1. The number of hydrogen-bond donors (Lipinski definition) is 1. The molecular weight excluding hydrogens is 459 g/mol. The van der Waals surface area contributed by atoms with Gasteiger partial charge in [0.15, 0.2) is 0 Å². The number of nitrogens with one attached hydrogen (secondary N) is 1.